The minimum absolute atomic E-state index is 0.607. The van der Waals surface area contributed by atoms with E-state index < -0.39 is 0 Å². The van der Waals surface area contributed by atoms with Crippen molar-refractivity contribution in [3.63, 3.8) is 0 Å². The third-order valence-corrected chi connectivity index (χ3v) is 4.72. The van der Waals surface area contributed by atoms with Crippen LogP contribution in [0.5, 0.6) is 0 Å². The molecule has 0 aliphatic carbocycles. The number of aryl methyl sites for hydroxylation is 2. The molecule has 0 radical (unpaired) electrons. The zero-order chi connectivity index (χ0) is 17.9. The normalized spacial score (nSPS) is 10.7. The van der Waals surface area contributed by atoms with Gasteiger partial charge in [0.1, 0.15) is 5.01 Å². The largest absolute Gasteiger partial charge is 0.324 e. The van der Waals surface area contributed by atoms with Crippen LogP contribution in [0.25, 0.3) is 21.8 Å². The Labute approximate surface area is 155 Å². The van der Waals surface area contributed by atoms with Crippen LogP contribution in [0.3, 0.4) is 0 Å². The quantitative estimate of drug-likeness (QED) is 0.554. The molecule has 5 nitrogen and oxygen atoms in total. The molecule has 0 unspecified atom stereocenters. The van der Waals surface area contributed by atoms with Gasteiger partial charge < -0.3 is 5.32 Å². The van der Waals surface area contributed by atoms with E-state index in [0.717, 1.165) is 38.9 Å². The lowest BCUT2D eigenvalue weighted by molar-refractivity contribution is 1.06. The number of rotatable bonds is 4. The highest BCUT2D eigenvalue weighted by Crippen LogP contribution is 2.30. The summed E-state index contributed by atoms with van der Waals surface area (Å²) < 4.78 is 0. The fourth-order valence-corrected chi connectivity index (χ4v) is 3.54. The lowest BCUT2D eigenvalue weighted by Crippen LogP contribution is -2.00. The first kappa shape index (κ1) is 16.4. The summed E-state index contributed by atoms with van der Waals surface area (Å²) >= 11 is 1.63. The van der Waals surface area contributed by atoms with Crippen LogP contribution in [0.15, 0.2) is 60.2 Å². The first-order valence-corrected chi connectivity index (χ1v) is 9.11. The van der Waals surface area contributed by atoms with Gasteiger partial charge in [0.15, 0.2) is 0 Å². The van der Waals surface area contributed by atoms with Crippen LogP contribution >= 0.6 is 11.3 Å². The molecule has 1 aromatic carbocycles. The predicted octanol–water partition coefficient (Wildman–Crippen LogP) is 5.02. The molecule has 0 atom stereocenters. The van der Waals surface area contributed by atoms with Crippen molar-refractivity contribution in [2.24, 2.45) is 0 Å². The van der Waals surface area contributed by atoms with E-state index in [0.29, 0.717) is 5.95 Å². The van der Waals surface area contributed by atoms with Crippen molar-refractivity contribution in [2.75, 3.05) is 5.32 Å². The van der Waals surface area contributed by atoms with E-state index in [1.54, 1.807) is 23.7 Å². The molecule has 0 aliphatic heterocycles. The van der Waals surface area contributed by atoms with Gasteiger partial charge in [-0.3, -0.25) is 4.98 Å². The summed E-state index contributed by atoms with van der Waals surface area (Å²) in [6.45, 7) is 3.93. The minimum atomic E-state index is 0.607. The number of aromatic nitrogens is 4. The first-order chi connectivity index (χ1) is 12.7. The second kappa shape index (κ2) is 7.01. The van der Waals surface area contributed by atoms with Gasteiger partial charge in [0.25, 0.3) is 0 Å². The van der Waals surface area contributed by atoms with Gasteiger partial charge in [-0.1, -0.05) is 12.1 Å². The molecule has 26 heavy (non-hydrogen) atoms. The number of nitrogens with one attached hydrogen (secondary N) is 1. The highest BCUT2D eigenvalue weighted by molar-refractivity contribution is 7.13. The average Bonchev–Trinajstić information content (AvgIpc) is 3.12. The molecule has 1 N–H and O–H groups in total. The SMILES string of the molecule is Cc1cc(C)nc(Nc2cccc(-c3csc(-c4ccncc4)n3)c2)n1. The van der Waals surface area contributed by atoms with Gasteiger partial charge in [0.2, 0.25) is 5.95 Å². The van der Waals surface area contributed by atoms with Crippen molar-refractivity contribution in [2.45, 2.75) is 13.8 Å². The van der Waals surface area contributed by atoms with E-state index in [9.17, 15) is 0 Å². The lowest BCUT2D eigenvalue weighted by atomic mass is 10.1. The molecule has 0 aliphatic rings. The van der Waals surface area contributed by atoms with E-state index >= 15 is 0 Å². The van der Waals surface area contributed by atoms with Crippen LogP contribution in [0.4, 0.5) is 11.6 Å². The fourth-order valence-electron chi connectivity index (χ4n) is 2.70. The fraction of sp³-hybridized carbons (Fsp3) is 0.100. The van der Waals surface area contributed by atoms with Gasteiger partial charge in [0.05, 0.1) is 5.69 Å². The van der Waals surface area contributed by atoms with Gasteiger partial charge in [-0.15, -0.1) is 11.3 Å². The topological polar surface area (TPSA) is 63.6 Å². The molecule has 0 spiro atoms. The van der Waals surface area contributed by atoms with Crippen LogP contribution in [0.2, 0.25) is 0 Å². The average molecular weight is 359 g/mol. The van der Waals surface area contributed by atoms with Gasteiger partial charge >= 0.3 is 0 Å². The molecule has 4 aromatic rings. The third-order valence-electron chi connectivity index (χ3n) is 3.83. The van der Waals surface area contributed by atoms with E-state index in [4.69, 9.17) is 4.98 Å². The molecular weight excluding hydrogens is 342 g/mol. The first-order valence-electron chi connectivity index (χ1n) is 8.23. The Balaban J connectivity index is 1.61. The number of anilines is 2. The summed E-state index contributed by atoms with van der Waals surface area (Å²) in [5.74, 6) is 0.607. The maximum absolute atomic E-state index is 4.76. The van der Waals surface area contributed by atoms with Gasteiger partial charge in [-0.05, 0) is 44.2 Å². The molecule has 0 amide bonds. The van der Waals surface area contributed by atoms with E-state index in [-0.39, 0.29) is 0 Å². The molecular formula is C20H17N5S. The zero-order valence-corrected chi connectivity index (χ0v) is 15.3. The summed E-state index contributed by atoms with van der Waals surface area (Å²) in [6, 6.07) is 14.0. The summed E-state index contributed by atoms with van der Waals surface area (Å²) in [5.41, 5.74) is 5.90. The summed E-state index contributed by atoms with van der Waals surface area (Å²) in [6.07, 6.45) is 3.57. The van der Waals surface area contributed by atoms with Gasteiger partial charge in [-0.25, -0.2) is 15.0 Å². The Hall–Kier alpha value is -3.12. The van der Waals surface area contributed by atoms with Crippen molar-refractivity contribution in [1.82, 2.24) is 19.9 Å². The van der Waals surface area contributed by atoms with Gasteiger partial charge in [-0.2, -0.15) is 0 Å². The van der Waals surface area contributed by atoms with Crippen molar-refractivity contribution >= 4 is 23.0 Å². The highest BCUT2D eigenvalue weighted by atomic mass is 32.1. The Bertz CT molecular complexity index is 1020. The molecule has 6 heteroatoms. The molecule has 0 saturated heterocycles. The van der Waals surface area contributed by atoms with Crippen molar-refractivity contribution in [1.29, 1.82) is 0 Å². The lowest BCUT2D eigenvalue weighted by Gasteiger charge is -2.07. The monoisotopic (exact) mass is 359 g/mol. The van der Waals surface area contributed by atoms with Crippen molar-refractivity contribution in [3.05, 3.63) is 71.6 Å². The molecule has 128 valence electrons. The van der Waals surface area contributed by atoms with E-state index in [2.05, 4.69) is 37.8 Å². The molecule has 0 fully saturated rings. The van der Waals surface area contributed by atoms with Crippen LogP contribution in [-0.2, 0) is 0 Å². The predicted molar refractivity (Wildman–Crippen MR) is 106 cm³/mol. The summed E-state index contributed by atoms with van der Waals surface area (Å²) in [7, 11) is 0. The Morgan fingerprint density at radius 3 is 2.38 bits per heavy atom. The second-order valence-corrected chi connectivity index (χ2v) is 6.81. The number of benzene rings is 1. The Kier molecular flexibility index (Phi) is 4.41. The molecule has 3 heterocycles. The summed E-state index contributed by atoms with van der Waals surface area (Å²) in [5, 5.41) is 6.34. The molecule has 3 aromatic heterocycles. The van der Waals surface area contributed by atoms with Crippen LogP contribution in [-0.4, -0.2) is 19.9 Å². The standard InChI is InChI=1S/C20H17N5S/c1-13-10-14(2)23-20(22-13)24-17-5-3-4-16(11-17)18-12-26-19(25-18)15-6-8-21-9-7-15/h3-12H,1-2H3,(H,22,23,24). The maximum Gasteiger partial charge on any atom is 0.227 e. The number of pyridine rings is 1. The minimum Gasteiger partial charge on any atom is -0.324 e. The Morgan fingerprint density at radius 1 is 0.846 bits per heavy atom. The molecule has 0 bridgehead atoms. The van der Waals surface area contributed by atoms with Gasteiger partial charge in [0, 0.05) is 46.0 Å². The molecule has 4 rings (SSSR count). The number of nitrogens with zero attached hydrogens (tertiary/aromatic N) is 4. The third kappa shape index (κ3) is 3.60. The zero-order valence-electron chi connectivity index (χ0n) is 14.5. The smallest absolute Gasteiger partial charge is 0.227 e. The maximum atomic E-state index is 4.76. The van der Waals surface area contributed by atoms with Crippen molar-refractivity contribution in [3.8, 4) is 21.8 Å². The van der Waals surface area contributed by atoms with Crippen LogP contribution in [0, 0.1) is 13.8 Å². The van der Waals surface area contributed by atoms with Crippen molar-refractivity contribution < 1.29 is 0 Å². The number of hydrogen-bond acceptors (Lipinski definition) is 6. The van der Waals surface area contributed by atoms with E-state index in [1.165, 1.54) is 0 Å². The highest BCUT2D eigenvalue weighted by Gasteiger charge is 2.08. The number of hydrogen-bond donors (Lipinski definition) is 1. The van der Waals surface area contributed by atoms with Crippen LogP contribution in [0.1, 0.15) is 11.4 Å². The second-order valence-electron chi connectivity index (χ2n) is 5.95. The summed E-state index contributed by atoms with van der Waals surface area (Å²) in [4.78, 5) is 17.7. The number of thiazole rings is 1. The van der Waals surface area contributed by atoms with Crippen LogP contribution < -0.4 is 5.32 Å². The molecule has 0 saturated carbocycles. The Morgan fingerprint density at radius 2 is 1.62 bits per heavy atom. The van der Waals surface area contributed by atoms with E-state index in [1.807, 2.05) is 44.2 Å².